The molecular formula is C13H16ClNS2. The molecule has 1 fully saturated rings. The second-order valence-corrected chi connectivity index (χ2v) is 6.71. The second-order valence-electron chi connectivity index (χ2n) is 4.30. The van der Waals surface area contributed by atoms with E-state index in [1.165, 1.54) is 32.1 Å². The second kappa shape index (κ2) is 6.62. The van der Waals surface area contributed by atoms with Crippen LogP contribution in [0.2, 0.25) is 5.02 Å². The monoisotopic (exact) mass is 285 g/mol. The number of nitrogens with one attached hydrogen (secondary N) is 1. The molecule has 1 aliphatic carbocycles. The summed E-state index contributed by atoms with van der Waals surface area (Å²) >= 11 is 13.0. The summed E-state index contributed by atoms with van der Waals surface area (Å²) in [4.78, 5) is 0. The first-order valence-electron chi connectivity index (χ1n) is 5.97. The van der Waals surface area contributed by atoms with Gasteiger partial charge >= 0.3 is 0 Å². The van der Waals surface area contributed by atoms with E-state index in [9.17, 15) is 0 Å². The van der Waals surface area contributed by atoms with E-state index in [2.05, 4.69) is 5.32 Å². The van der Waals surface area contributed by atoms with Crippen molar-refractivity contribution in [3.05, 3.63) is 29.3 Å². The van der Waals surface area contributed by atoms with Gasteiger partial charge in [-0.15, -0.1) is 0 Å². The maximum absolute atomic E-state index is 5.84. The molecule has 0 radical (unpaired) electrons. The smallest absolute Gasteiger partial charge is 0.138 e. The number of hydrogen-bond donors (Lipinski definition) is 1. The van der Waals surface area contributed by atoms with Crippen LogP contribution in [0.25, 0.3) is 0 Å². The minimum absolute atomic E-state index is 0.705. The molecule has 0 heterocycles. The summed E-state index contributed by atoms with van der Waals surface area (Å²) < 4.78 is 0.874. The van der Waals surface area contributed by atoms with Gasteiger partial charge in [-0.2, -0.15) is 0 Å². The van der Waals surface area contributed by atoms with Gasteiger partial charge < -0.3 is 5.32 Å². The Hall–Kier alpha value is -0.250. The van der Waals surface area contributed by atoms with Crippen LogP contribution in [0.3, 0.4) is 0 Å². The fourth-order valence-electron chi connectivity index (χ4n) is 2.01. The van der Waals surface area contributed by atoms with Crippen molar-refractivity contribution in [3.8, 4) is 0 Å². The van der Waals surface area contributed by atoms with Gasteiger partial charge in [0.25, 0.3) is 0 Å². The van der Waals surface area contributed by atoms with Gasteiger partial charge in [-0.05, 0) is 37.1 Å². The highest BCUT2D eigenvalue weighted by Gasteiger charge is 2.15. The van der Waals surface area contributed by atoms with E-state index in [0.717, 1.165) is 15.0 Å². The predicted molar refractivity (Wildman–Crippen MR) is 82.1 cm³/mol. The van der Waals surface area contributed by atoms with Crippen molar-refractivity contribution in [3.63, 3.8) is 0 Å². The van der Waals surface area contributed by atoms with Gasteiger partial charge in [0.1, 0.15) is 4.32 Å². The van der Waals surface area contributed by atoms with Crippen molar-refractivity contribution >= 4 is 45.6 Å². The summed E-state index contributed by atoms with van der Waals surface area (Å²) in [5, 5.41) is 4.71. The predicted octanol–water partition coefficient (Wildman–Crippen LogP) is 5.10. The van der Waals surface area contributed by atoms with E-state index in [-0.39, 0.29) is 0 Å². The Labute approximate surface area is 117 Å². The number of anilines is 1. The summed E-state index contributed by atoms with van der Waals surface area (Å²) in [5.41, 5.74) is 1.02. The minimum atomic E-state index is 0.705. The highest BCUT2D eigenvalue weighted by molar-refractivity contribution is 8.23. The average molecular weight is 286 g/mol. The molecule has 1 N–H and O–H groups in total. The molecule has 92 valence electrons. The Bertz CT molecular complexity index is 372. The summed E-state index contributed by atoms with van der Waals surface area (Å²) in [7, 11) is 0. The molecule has 1 nitrogen and oxygen atoms in total. The van der Waals surface area contributed by atoms with Gasteiger partial charge in [0, 0.05) is 16.0 Å². The van der Waals surface area contributed by atoms with Crippen molar-refractivity contribution in [2.45, 2.75) is 37.4 Å². The molecular weight excluding hydrogens is 270 g/mol. The molecule has 0 saturated heterocycles. The minimum Gasteiger partial charge on any atom is -0.341 e. The van der Waals surface area contributed by atoms with Crippen LogP contribution in [0.1, 0.15) is 32.1 Å². The van der Waals surface area contributed by atoms with Crippen molar-refractivity contribution in [1.82, 2.24) is 0 Å². The third-order valence-electron chi connectivity index (χ3n) is 2.92. The van der Waals surface area contributed by atoms with Gasteiger partial charge in [-0.25, -0.2) is 0 Å². The molecule has 0 amide bonds. The van der Waals surface area contributed by atoms with E-state index >= 15 is 0 Å². The lowest BCUT2D eigenvalue weighted by Crippen LogP contribution is -2.14. The molecule has 0 spiro atoms. The largest absolute Gasteiger partial charge is 0.341 e. The highest BCUT2D eigenvalue weighted by Crippen LogP contribution is 2.29. The van der Waals surface area contributed by atoms with Gasteiger partial charge in [0.2, 0.25) is 0 Å². The zero-order valence-corrected chi connectivity index (χ0v) is 12.0. The highest BCUT2D eigenvalue weighted by atomic mass is 35.5. The van der Waals surface area contributed by atoms with Crippen molar-refractivity contribution < 1.29 is 0 Å². The summed E-state index contributed by atoms with van der Waals surface area (Å²) in [6.07, 6.45) is 6.68. The lowest BCUT2D eigenvalue weighted by atomic mass is 10.0. The third kappa shape index (κ3) is 4.49. The molecule has 4 heteroatoms. The Morgan fingerprint density at radius 1 is 1.18 bits per heavy atom. The number of halogens is 1. The van der Waals surface area contributed by atoms with Gasteiger partial charge in [0.05, 0.1) is 0 Å². The van der Waals surface area contributed by atoms with Gasteiger partial charge in [-0.1, -0.05) is 54.8 Å². The Balaban J connectivity index is 1.82. The summed E-state index contributed by atoms with van der Waals surface area (Å²) in [5.74, 6) is 0. The Morgan fingerprint density at radius 3 is 2.47 bits per heavy atom. The lowest BCUT2D eigenvalue weighted by Gasteiger charge is -2.21. The van der Waals surface area contributed by atoms with Crippen LogP contribution in [0.4, 0.5) is 5.69 Å². The molecule has 0 atom stereocenters. The van der Waals surface area contributed by atoms with Crippen LogP contribution in [0.15, 0.2) is 24.3 Å². The van der Waals surface area contributed by atoms with Crippen LogP contribution >= 0.6 is 35.6 Å². The molecule has 0 aliphatic heterocycles. The standard InChI is InChI=1S/C13H16ClNS2/c14-10-6-8-11(9-7-10)15-13(16)17-12-4-2-1-3-5-12/h6-9,12H,1-5H2,(H,15,16). The number of hydrogen-bond acceptors (Lipinski definition) is 2. The molecule has 17 heavy (non-hydrogen) atoms. The maximum atomic E-state index is 5.84. The van der Waals surface area contributed by atoms with E-state index in [1.54, 1.807) is 11.8 Å². The van der Waals surface area contributed by atoms with Crippen LogP contribution in [-0.4, -0.2) is 9.57 Å². The molecule has 2 rings (SSSR count). The van der Waals surface area contributed by atoms with Gasteiger partial charge in [-0.3, -0.25) is 0 Å². The summed E-state index contributed by atoms with van der Waals surface area (Å²) in [6.45, 7) is 0. The van der Waals surface area contributed by atoms with Crippen molar-refractivity contribution in [2.24, 2.45) is 0 Å². The Morgan fingerprint density at radius 2 is 1.82 bits per heavy atom. The van der Waals surface area contributed by atoms with E-state index < -0.39 is 0 Å². The fraction of sp³-hybridized carbons (Fsp3) is 0.462. The normalized spacial score (nSPS) is 16.8. The molecule has 0 unspecified atom stereocenters. The zero-order valence-electron chi connectivity index (χ0n) is 9.62. The van der Waals surface area contributed by atoms with Crippen molar-refractivity contribution in [2.75, 3.05) is 5.32 Å². The van der Waals surface area contributed by atoms with E-state index in [0.29, 0.717) is 5.25 Å². The molecule has 1 aromatic rings. The molecule has 1 saturated carbocycles. The van der Waals surface area contributed by atoms with Gasteiger partial charge in [0.15, 0.2) is 0 Å². The van der Waals surface area contributed by atoms with Crippen LogP contribution < -0.4 is 5.32 Å². The van der Waals surface area contributed by atoms with E-state index in [4.69, 9.17) is 23.8 Å². The first-order valence-corrected chi connectivity index (χ1v) is 7.64. The SMILES string of the molecule is S=C(Nc1ccc(Cl)cc1)SC1CCCCC1. The topological polar surface area (TPSA) is 12.0 Å². The first-order chi connectivity index (χ1) is 8.24. The molecule has 1 aromatic carbocycles. The number of thioether (sulfide) groups is 1. The van der Waals surface area contributed by atoms with Crippen LogP contribution in [0.5, 0.6) is 0 Å². The lowest BCUT2D eigenvalue weighted by molar-refractivity contribution is 0.517. The average Bonchev–Trinajstić information content (AvgIpc) is 2.33. The molecule has 0 bridgehead atoms. The first kappa shape index (κ1) is 13.2. The van der Waals surface area contributed by atoms with Crippen LogP contribution in [-0.2, 0) is 0 Å². The molecule has 1 aliphatic rings. The Kier molecular flexibility index (Phi) is 5.14. The molecule has 0 aromatic heterocycles. The maximum Gasteiger partial charge on any atom is 0.138 e. The third-order valence-corrected chi connectivity index (χ3v) is 4.68. The number of thiocarbonyl (C=S) groups is 1. The van der Waals surface area contributed by atoms with Crippen molar-refractivity contribution in [1.29, 1.82) is 0 Å². The van der Waals surface area contributed by atoms with Crippen LogP contribution in [0, 0.1) is 0 Å². The van der Waals surface area contributed by atoms with E-state index in [1.807, 2.05) is 24.3 Å². The quantitative estimate of drug-likeness (QED) is 0.759. The number of benzene rings is 1. The number of rotatable bonds is 2. The summed E-state index contributed by atoms with van der Waals surface area (Å²) in [6, 6.07) is 7.65. The zero-order chi connectivity index (χ0) is 12.1. The fourth-order valence-corrected chi connectivity index (χ4v) is 3.72.